The van der Waals surface area contributed by atoms with Crippen LogP contribution in [0.4, 0.5) is 10.7 Å². The van der Waals surface area contributed by atoms with Crippen LogP contribution in [0.2, 0.25) is 0 Å². The molecule has 70 valence electrons. The lowest BCUT2D eigenvalue weighted by Crippen LogP contribution is -2.50. The summed E-state index contributed by atoms with van der Waals surface area (Å²) in [5.74, 6) is 0. The van der Waals surface area contributed by atoms with Crippen molar-refractivity contribution in [2.75, 3.05) is 18.0 Å². The Kier molecular flexibility index (Phi) is 1.93. The lowest BCUT2D eigenvalue weighted by atomic mass is 10.1. The molecular formula is C7H8N2O3S. The van der Waals surface area contributed by atoms with Crippen molar-refractivity contribution in [1.82, 2.24) is 0 Å². The van der Waals surface area contributed by atoms with Gasteiger partial charge >= 0.3 is 5.00 Å². The van der Waals surface area contributed by atoms with Gasteiger partial charge in [0.25, 0.3) is 0 Å². The molecule has 1 saturated heterocycles. The number of aliphatic hydroxyl groups excluding tert-OH is 1. The highest BCUT2D eigenvalue weighted by Crippen LogP contribution is 2.35. The van der Waals surface area contributed by atoms with Crippen LogP contribution in [0.15, 0.2) is 11.4 Å². The van der Waals surface area contributed by atoms with Gasteiger partial charge in [-0.1, -0.05) is 11.3 Å². The number of β-amino-alcohol motifs (C(OH)–C–C–N with tert-alkyl or cyclic N) is 1. The van der Waals surface area contributed by atoms with Crippen LogP contribution in [0.1, 0.15) is 0 Å². The summed E-state index contributed by atoms with van der Waals surface area (Å²) in [5, 5.41) is 21.4. The summed E-state index contributed by atoms with van der Waals surface area (Å²) in [5.41, 5.74) is 0.625. The Balaban J connectivity index is 2.20. The number of thiophene rings is 1. The first-order valence-electron chi connectivity index (χ1n) is 3.83. The van der Waals surface area contributed by atoms with Crippen molar-refractivity contribution < 1.29 is 10.0 Å². The molecule has 0 aromatic carbocycles. The number of anilines is 1. The van der Waals surface area contributed by atoms with E-state index in [1.54, 1.807) is 16.3 Å². The van der Waals surface area contributed by atoms with Crippen LogP contribution >= 0.6 is 11.3 Å². The van der Waals surface area contributed by atoms with Crippen molar-refractivity contribution in [2.45, 2.75) is 6.10 Å². The van der Waals surface area contributed by atoms with Crippen molar-refractivity contribution in [3.05, 3.63) is 21.6 Å². The molecule has 6 heteroatoms. The average molecular weight is 200 g/mol. The summed E-state index contributed by atoms with van der Waals surface area (Å²) in [6, 6.07) is 1.72. The van der Waals surface area contributed by atoms with Gasteiger partial charge in [0.1, 0.15) is 5.69 Å². The van der Waals surface area contributed by atoms with Gasteiger partial charge in [-0.2, -0.15) is 0 Å². The molecule has 5 nitrogen and oxygen atoms in total. The van der Waals surface area contributed by atoms with Gasteiger partial charge in [0.15, 0.2) is 0 Å². The molecule has 1 fully saturated rings. The lowest BCUT2D eigenvalue weighted by Gasteiger charge is -2.36. The number of hydrogen-bond donors (Lipinski definition) is 1. The topological polar surface area (TPSA) is 66.6 Å². The van der Waals surface area contributed by atoms with Gasteiger partial charge < -0.3 is 10.0 Å². The van der Waals surface area contributed by atoms with Crippen LogP contribution < -0.4 is 4.90 Å². The molecule has 0 amide bonds. The fourth-order valence-electron chi connectivity index (χ4n) is 1.32. The molecule has 0 unspecified atom stereocenters. The Bertz CT molecular complexity index is 332. The molecular weight excluding hydrogens is 192 g/mol. The number of hydrogen-bond acceptors (Lipinski definition) is 5. The third kappa shape index (κ3) is 1.38. The van der Waals surface area contributed by atoms with Gasteiger partial charge in [-0.15, -0.1) is 0 Å². The van der Waals surface area contributed by atoms with E-state index in [0.717, 1.165) is 11.3 Å². The second kappa shape index (κ2) is 2.97. The first-order valence-corrected chi connectivity index (χ1v) is 4.71. The van der Waals surface area contributed by atoms with Crippen molar-refractivity contribution in [2.24, 2.45) is 0 Å². The maximum absolute atomic E-state index is 10.5. The average Bonchev–Trinajstić information content (AvgIpc) is 2.45. The van der Waals surface area contributed by atoms with E-state index in [1.807, 2.05) is 0 Å². The first kappa shape index (κ1) is 8.46. The zero-order chi connectivity index (χ0) is 9.42. The standard InChI is InChI=1S/C7H8N2O3S/c10-5-3-8(4-5)6-1-2-13-7(6)9(11)12/h1-2,5,10H,3-4H2. The molecule has 2 heterocycles. The second-order valence-electron chi connectivity index (χ2n) is 2.93. The van der Waals surface area contributed by atoms with Gasteiger partial charge in [0.2, 0.25) is 0 Å². The number of rotatable bonds is 2. The quantitative estimate of drug-likeness (QED) is 0.567. The predicted octanol–water partition coefficient (Wildman–Crippen LogP) is 0.837. The molecule has 1 aliphatic rings. The summed E-state index contributed by atoms with van der Waals surface area (Å²) < 4.78 is 0. The summed E-state index contributed by atoms with van der Waals surface area (Å²) in [6.45, 7) is 0.995. The molecule has 13 heavy (non-hydrogen) atoms. The summed E-state index contributed by atoms with van der Waals surface area (Å²) in [6.07, 6.45) is -0.334. The van der Waals surface area contributed by atoms with Gasteiger partial charge in [-0.25, -0.2) is 0 Å². The van der Waals surface area contributed by atoms with Crippen LogP contribution in [0.5, 0.6) is 0 Å². The van der Waals surface area contributed by atoms with E-state index in [0.29, 0.717) is 18.8 Å². The molecule has 0 radical (unpaired) electrons. The van der Waals surface area contributed by atoms with E-state index in [9.17, 15) is 10.1 Å². The van der Waals surface area contributed by atoms with E-state index < -0.39 is 0 Å². The first-order chi connectivity index (χ1) is 6.18. The normalized spacial score (nSPS) is 17.2. The molecule has 0 bridgehead atoms. The van der Waals surface area contributed by atoms with Crippen molar-refractivity contribution >= 4 is 22.0 Å². The van der Waals surface area contributed by atoms with E-state index in [-0.39, 0.29) is 16.0 Å². The van der Waals surface area contributed by atoms with Gasteiger partial charge in [0.05, 0.1) is 11.0 Å². The number of nitro groups is 1. The zero-order valence-corrected chi connectivity index (χ0v) is 7.53. The Hall–Kier alpha value is -1.14. The SMILES string of the molecule is O=[N+]([O-])c1sccc1N1CC(O)C1. The molecule has 1 aromatic heterocycles. The maximum Gasteiger partial charge on any atom is 0.347 e. The fraction of sp³-hybridized carbons (Fsp3) is 0.429. The zero-order valence-electron chi connectivity index (χ0n) is 6.71. The molecule has 1 aromatic rings. The largest absolute Gasteiger partial charge is 0.389 e. The maximum atomic E-state index is 10.5. The van der Waals surface area contributed by atoms with E-state index in [4.69, 9.17) is 5.11 Å². The van der Waals surface area contributed by atoms with Crippen LogP contribution in [0.25, 0.3) is 0 Å². The molecule has 0 atom stereocenters. The minimum absolute atomic E-state index is 0.159. The Morgan fingerprint density at radius 2 is 2.38 bits per heavy atom. The molecule has 2 rings (SSSR count). The molecule has 1 N–H and O–H groups in total. The van der Waals surface area contributed by atoms with Crippen LogP contribution in [0.3, 0.4) is 0 Å². The van der Waals surface area contributed by atoms with E-state index in [2.05, 4.69) is 0 Å². The highest BCUT2D eigenvalue weighted by Gasteiger charge is 2.30. The third-order valence-electron chi connectivity index (χ3n) is 1.99. The number of nitrogens with zero attached hydrogens (tertiary/aromatic N) is 2. The Morgan fingerprint density at radius 3 is 2.92 bits per heavy atom. The van der Waals surface area contributed by atoms with Gasteiger partial charge in [-0.3, -0.25) is 10.1 Å². The van der Waals surface area contributed by atoms with E-state index in [1.165, 1.54) is 0 Å². The second-order valence-corrected chi connectivity index (χ2v) is 3.82. The molecule has 0 aliphatic carbocycles. The number of aliphatic hydroxyl groups is 1. The van der Waals surface area contributed by atoms with Crippen LogP contribution in [0, 0.1) is 10.1 Å². The van der Waals surface area contributed by atoms with Crippen LogP contribution in [-0.2, 0) is 0 Å². The fourth-order valence-corrected chi connectivity index (χ4v) is 2.05. The minimum Gasteiger partial charge on any atom is -0.389 e. The summed E-state index contributed by atoms with van der Waals surface area (Å²) >= 11 is 1.11. The summed E-state index contributed by atoms with van der Waals surface area (Å²) in [4.78, 5) is 12.0. The minimum atomic E-state index is -0.384. The van der Waals surface area contributed by atoms with Gasteiger partial charge in [-0.05, 0) is 11.4 Å². The van der Waals surface area contributed by atoms with Crippen LogP contribution in [-0.4, -0.2) is 29.2 Å². The highest BCUT2D eigenvalue weighted by atomic mass is 32.1. The smallest absolute Gasteiger partial charge is 0.347 e. The van der Waals surface area contributed by atoms with Crippen molar-refractivity contribution in [3.63, 3.8) is 0 Å². The Morgan fingerprint density at radius 1 is 1.69 bits per heavy atom. The summed E-state index contributed by atoms with van der Waals surface area (Å²) in [7, 11) is 0. The molecule has 1 aliphatic heterocycles. The van der Waals surface area contributed by atoms with Crippen molar-refractivity contribution in [3.8, 4) is 0 Å². The molecule has 0 spiro atoms. The van der Waals surface area contributed by atoms with Gasteiger partial charge in [0, 0.05) is 13.1 Å². The molecule has 0 saturated carbocycles. The predicted molar refractivity (Wildman–Crippen MR) is 49.2 cm³/mol. The highest BCUT2D eigenvalue weighted by molar-refractivity contribution is 7.14. The van der Waals surface area contributed by atoms with E-state index >= 15 is 0 Å². The Labute approximate surface area is 78.4 Å². The lowest BCUT2D eigenvalue weighted by molar-refractivity contribution is -0.379. The van der Waals surface area contributed by atoms with Crippen molar-refractivity contribution in [1.29, 1.82) is 0 Å². The third-order valence-corrected chi connectivity index (χ3v) is 2.85. The monoisotopic (exact) mass is 200 g/mol.